The van der Waals surface area contributed by atoms with Crippen LogP contribution in [-0.2, 0) is 14.8 Å². The molecule has 2 atom stereocenters. The van der Waals surface area contributed by atoms with E-state index in [4.69, 9.17) is 9.47 Å². The summed E-state index contributed by atoms with van der Waals surface area (Å²) in [5, 5.41) is 2.54. The monoisotopic (exact) mass is 436 g/mol. The smallest absolute Gasteiger partial charge is 0.411 e. The minimum atomic E-state index is -3.80. The van der Waals surface area contributed by atoms with Crippen LogP contribution in [0.15, 0.2) is 47.4 Å². The number of hydrogen-bond donors (Lipinski definition) is 2. The van der Waals surface area contributed by atoms with E-state index in [0.717, 1.165) is 5.56 Å². The van der Waals surface area contributed by atoms with Crippen molar-refractivity contribution in [3.05, 3.63) is 53.8 Å². The van der Waals surface area contributed by atoms with E-state index in [2.05, 4.69) is 10.0 Å². The van der Waals surface area contributed by atoms with Gasteiger partial charge >= 0.3 is 6.09 Å². The summed E-state index contributed by atoms with van der Waals surface area (Å²) in [6.07, 6.45) is 1.29. The molecule has 2 aromatic rings. The van der Waals surface area contributed by atoms with E-state index in [9.17, 15) is 17.6 Å². The Morgan fingerprint density at radius 3 is 2.57 bits per heavy atom. The van der Waals surface area contributed by atoms with Crippen LogP contribution in [0, 0.1) is 12.7 Å². The summed E-state index contributed by atoms with van der Waals surface area (Å²) in [6.45, 7) is 1.81. The van der Waals surface area contributed by atoms with Crippen LogP contribution in [-0.4, -0.2) is 33.8 Å². The van der Waals surface area contributed by atoms with Gasteiger partial charge in [-0.15, -0.1) is 0 Å². The van der Waals surface area contributed by atoms with Gasteiger partial charge in [-0.1, -0.05) is 6.07 Å². The molecule has 162 valence electrons. The number of rotatable bonds is 6. The molecule has 1 amide bonds. The fourth-order valence-corrected chi connectivity index (χ4v) is 5.00. The third-order valence-electron chi connectivity index (χ3n) is 4.92. The second-order valence-corrected chi connectivity index (χ2v) is 8.98. The van der Waals surface area contributed by atoms with E-state index >= 15 is 0 Å². The number of hydrogen-bond acceptors (Lipinski definition) is 5. The van der Waals surface area contributed by atoms with Crippen molar-refractivity contribution in [2.75, 3.05) is 12.4 Å². The molecule has 30 heavy (non-hydrogen) atoms. The van der Waals surface area contributed by atoms with Crippen LogP contribution in [0.5, 0.6) is 5.75 Å². The fourth-order valence-electron chi connectivity index (χ4n) is 3.47. The minimum Gasteiger partial charge on any atom is -0.495 e. The van der Waals surface area contributed by atoms with Crippen molar-refractivity contribution in [2.24, 2.45) is 0 Å². The third-order valence-corrected chi connectivity index (χ3v) is 6.46. The molecule has 2 aromatic carbocycles. The highest BCUT2D eigenvalue weighted by Gasteiger charge is 2.30. The van der Waals surface area contributed by atoms with Crippen LogP contribution < -0.4 is 14.8 Å². The zero-order chi connectivity index (χ0) is 21.7. The second-order valence-electron chi connectivity index (χ2n) is 7.30. The minimum absolute atomic E-state index is 0.0853. The van der Waals surface area contributed by atoms with Gasteiger partial charge in [-0.2, -0.15) is 0 Å². The topological polar surface area (TPSA) is 93.7 Å². The maximum absolute atomic E-state index is 13.0. The number of anilines is 1. The molecule has 0 radical (unpaired) electrons. The highest BCUT2D eigenvalue weighted by molar-refractivity contribution is 7.89. The predicted octanol–water partition coefficient (Wildman–Crippen LogP) is 3.98. The number of sulfonamides is 1. The van der Waals surface area contributed by atoms with Gasteiger partial charge in [-0.25, -0.2) is 22.3 Å². The average molecular weight is 437 g/mol. The lowest BCUT2D eigenvalue weighted by Crippen LogP contribution is -2.41. The molecular weight excluding hydrogens is 411 g/mol. The predicted molar refractivity (Wildman–Crippen MR) is 111 cm³/mol. The first-order chi connectivity index (χ1) is 14.3. The molecule has 7 nitrogen and oxygen atoms in total. The molecule has 0 unspecified atom stereocenters. The molecule has 1 saturated carbocycles. The first-order valence-electron chi connectivity index (χ1n) is 9.67. The Hall–Kier alpha value is -2.65. The van der Waals surface area contributed by atoms with Gasteiger partial charge in [0.05, 0.1) is 7.11 Å². The van der Waals surface area contributed by atoms with Gasteiger partial charge in [0, 0.05) is 18.2 Å². The van der Waals surface area contributed by atoms with Crippen LogP contribution in [0.3, 0.4) is 0 Å². The fraction of sp³-hybridized carbons (Fsp3) is 0.381. The number of halogens is 1. The number of carbonyl (C=O) groups excluding carboxylic acids is 1. The lowest BCUT2D eigenvalue weighted by atomic mass is 9.94. The SMILES string of the molecule is COc1ccc(C)cc1S(=O)(=O)N[C@H]1CCC[C@H](OC(=O)Nc2ccc(F)cc2)C1. The van der Waals surface area contributed by atoms with Crippen molar-refractivity contribution in [2.45, 2.75) is 49.6 Å². The van der Waals surface area contributed by atoms with Crippen LogP contribution >= 0.6 is 0 Å². The Morgan fingerprint density at radius 2 is 1.87 bits per heavy atom. The normalized spacial score (nSPS) is 19.2. The maximum Gasteiger partial charge on any atom is 0.411 e. The first-order valence-corrected chi connectivity index (χ1v) is 11.2. The Labute approximate surface area is 175 Å². The zero-order valence-corrected chi connectivity index (χ0v) is 17.7. The summed E-state index contributed by atoms with van der Waals surface area (Å²) < 4.78 is 52.1. The Kier molecular flexibility index (Phi) is 6.94. The molecule has 0 bridgehead atoms. The Morgan fingerprint density at radius 1 is 1.13 bits per heavy atom. The van der Waals surface area contributed by atoms with Gasteiger partial charge < -0.3 is 9.47 Å². The number of methoxy groups -OCH3 is 1. The molecule has 1 aliphatic rings. The number of ether oxygens (including phenoxy) is 2. The van der Waals surface area contributed by atoms with Crippen molar-refractivity contribution in [1.29, 1.82) is 0 Å². The highest BCUT2D eigenvalue weighted by Crippen LogP contribution is 2.27. The average Bonchev–Trinajstić information content (AvgIpc) is 2.69. The van der Waals surface area contributed by atoms with Crippen molar-refractivity contribution in [3.8, 4) is 5.75 Å². The van der Waals surface area contributed by atoms with Crippen molar-refractivity contribution < 1.29 is 27.1 Å². The lowest BCUT2D eigenvalue weighted by Gasteiger charge is -2.29. The molecule has 3 rings (SSSR count). The molecule has 0 aliphatic heterocycles. The highest BCUT2D eigenvalue weighted by atomic mass is 32.2. The zero-order valence-electron chi connectivity index (χ0n) is 16.9. The van der Waals surface area contributed by atoms with Crippen LogP contribution in [0.2, 0.25) is 0 Å². The molecule has 0 spiro atoms. The molecular formula is C21H25FN2O5S. The second kappa shape index (κ2) is 9.44. The van der Waals surface area contributed by atoms with E-state index in [1.807, 2.05) is 6.92 Å². The number of aryl methyl sites for hydroxylation is 1. The maximum atomic E-state index is 13.0. The summed E-state index contributed by atoms with van der Waals surface area (Å²) in [6, 6.07) is 9.94. The van der Waals surface area contributed by atoms with Crippen LogP contribution in [0.1, 0.15) is 31.2 Å². The van der Waals surface area contributed by atoms with Crippen LogP contribution in [0.25, 0.3) is 0 Å². The molecule has 2 N–H and O–H groups in total. The van der Waals surface area contributed by atoms with Crippen molar-refractivity contribution >= 4 is 21.8 Å². The number of benzene rings is 2. The summed E-state index contributed by atoms with van der Waals surface area (Å²) in [5.41, 5.74) is 1.22. The molecule has 0 heterocycles. The standard InChI is InChI=1S/C21H25FN2O5S/c1-14-6-11-19(28-2)20(12-14)30(26,27)24-17-4-3-5-18(13-17)29-21(25)23-16-9-7-15(22)8-10-16/h6-12,17-18,24H,3-5,13H2,1-2H3,(H,23,25)/t17-,18-/m0/s1. The molecule has 0 saturated heterocycles. The van der Waals surface area contributed by atoms with Gasteiger partial charge in [0.25, 0.3) is 0 Å². The first kappa shape index (κ1) is 22.0. The van der Waals surface area contributed by atoms with Gasteiger partial charge in [-0.3, -0.25) is 5.32 Å². The van der Waals surface area contributed by atoms with E-state index in [1.54, 1.807) is 18.2 Å². The Bertz CT molecular complexity index is 995. The van der Waals surface area contributed by atoms with Gasteiger partial charge in [0.15, 0.2) is 0 Å². The van der Waals surface area contributed by atoms with Crippen molar-refractivity contribution in [1.82, 2.24) is 4.72 Å². The number of nitrogens with one attached hydrogen (secondary N) is 2. The summed E-state index contributed by atoms with van der Waals surface area (Å²) in [4.78, 5) is 12.2. The summed E-state index contributed by atoms with van der Waals surface area (Å²) in [5.74, 6) is -0.128. The molecule has 1 fully saturated rings. The van der Waals surface area contributed by atoms with Crippen LogP contribution in [0.4, 0.5) is 14.9 Å². The molecule has 9 heteroatoms. The Balaban J connectivity index is 1.61. The summed E-state index contributed by atoms with van der Waals surface area (Å²) >= 11 is 0. The third kappa shape index (κ3) is 5.70. The van der Waals surface area contributed by atoms with E-state index in [1.165, 1.54) is 31.4 Å². The number of amides is 1. The van der Waals surface area contributed by atoms with E-state index < -0.39 is 28.0 Å². The van der Waals surface area contributed by atoms with Gasteiger partial charge in [0.2, 0.25) is 10.0 Å². The molecule has 0 aromatic heterocycles. The largest absolute Gasteiger partial charge is 0.495 e. The van der Waals surface area contributed by atoms with Gasteiger partial charge in [0.1, 0.15) is 22.6 Å². The van der Waals surface area contributed by atoms with Crippen molar-refractivity contribution in [3.63, 3.8) is 0 Å². The van der Waals surface area contributed by atoms with Gasteiger partial charge in [-0.05, 0) is 68.1 Å². The number of carbonyl (C=O) groups is 1. The quantitative estimate of drug-likeness (QED) is 0.714. The van der Waals surface area contributed by atoms with E-state index in [0.29, 0.717) is 31.4 Å². The lowest BCUT2D eigenvalue weighted by molar-refractivity contribution is 0.0793. The summed E-state index contributed by atoms with van der Waals surface area (Å²) in [7, 11) is -2.37. The molecule has 1 aliphatic carbocycles. The van der Waals surface area contributed by atoms with E-state index in [-0.39, 0.29) is 16.7 Å².